The van der Waals surface area contributed by atoms with Crippen LogP contribution in [-0.4, -0.2) is 4.57 Å². The molecule has 0 bridgehead atoms. The fourth-order valence-electron chi connectivity index (χ4n) is 11.0. The summed E-state index contributed by atoms with van der Waals surface area (Å²) in [6, 6.07) is 89.6. The molecule has 0 unspecified atom stereocenters. The molecule has 2 aliphatic rings. The lowest BCUT2D eigenvalue weighted by Crippen LogP contribution is -2.26. The van der Waals surface area contributed by atoms with Crippen molar-refractivity contribution in [2.24, 2.45) is 0 Å². The van der Waals surface area contributed by atoms with Gasteiger partial charge in [0.15, 0.2) is 0 Å². The molecule has 0 saturated heterocycles. The highest BCUT2D eigenvalue weighted by Crippen LogP contribution is 2.63. The lowest BCUT2D eigenvalue weighted by molar-refractivity contribution is 0.793. The first kappa shape index (κ1) is 35.5. The van der Waals surface area contributed by atoms with Crippen molar-refractivity contribution in [2.45, 2.75) is 5.41 Å². The van der Waals surface area contributed by atoms with Gasteiger partial charge in [0.2, 0.25) is 0 Å². The third kappa shape index (κ3) is 5.13. The summed E-state index contributed by atoms with van der Waals surface area (Å²) in [7, 11) is 0. The Morgan fingerprint density at radius 2 is 0.810 bits per heavy atom. The molecule has 0 aliphatic heterocycles. The molecule has 13 rings (SSSR count). The van der Waals surface area contributed by atoms with E-state index in [-0.39, 0.29) is 0 Å². The number of para-hydroxylation sites is 3. The molecule has 2 aliphatic carbocycles. The van der Waals surface area contributed by atoms with E-state index in [4.69, 9.17) is 0 Å². The third-order valence-electron chi connectivity index (χ3n) is 13.6. The molecule has 63 heavy (non-hydrogen) atoms. The van der Waals surface area contributed by atoms with Crippen LogP contribution in [-0.2, 0) is 5.41 Å². The van der Waals surface area contributed by atoms with Crippen molar-refractivity contribution in [2.75, 3.05) is 4.90 Å². The molecule has 1 aromatic heterocycles. The summed E-state index contributed by atoms with van der Waals surface area (Å²) in [5.74, 6) is 0. The molecular weight excluding hydrogens is 761 g/mol. The quantitative estimate of drug-likeness (QED) is 0.163. The Hall–Kier alpha value is -8.20. The second kappa shape index (κ2) is 13.9. The van der Waals surface area contributed by atoms with E-state index in [1.165, 1.54) is 83.1 Å². The minimum Gasteiger partial charge on any atom is -0.308 e. The van der Waals surface area contributed by atoms with Crippen LogP contribution in [0, 0.1) is 0 Å². The van der Waals surface area contributed by atoms with Gasteiger partial charge in [0.05, 0.1) is 27.8 Å². The zero-order valence-electron chi connectivity index (χ0n) is 34.5. The normalized spacial score (nSPS) is 12.9. The molecule has 0 fully saturated rings. The first-order valence-corrected chi connectivity index (χ1v) is 21.9. The largest absolute Gasteiger partial charge is 0.308 e. The van der Waals surface area contributed by atoms with Crippen molar-refractivity contribution in [1.82, 2.24) is 4.57 Å². The maximum Gasteiger partial charge on any atom is 0.0782 e. The van der Waals surface area contributed by atoms with Crippen LogP contribution in [0.5, 0.6) is 0 Å². The molecule has 2 heteroatoms. The predicted octanol–water partition coefficient (Wildman–Crippen LogP) is 15.9. The van der Waals surface area contributed by atoms with Gasteiger partial charge in [-0.05, 0) is 104 Å². The molecular formula is C61H40N2. The van der Waals surface area contributed by atoms with Gasteiger partial charge in [0.25, 0.3) is 0 Å². The topological polar surface area (TPSA) is 8.17 Å². The van der Waals surface area contributed by atoms with Crippen LogP contribution in [0.1, 0.15) is 22.3 Å². The number of hydrogen-bond donors (Lipinski definition) is 0. The number of fused-ring (bicyclic) bond motifs is 13. The summed E-state index contributed by atoms with van der Waals surface area (Å²) in [5, 5.41) is 2.43. The van der Waals surface area contributed by atoms with E-state index in [2.05, 4.69) is 252 Å². The van der Waals surface area contributed by atoms with Crippen LogP contribution < -0.4 is 4.90 Å². The van der Waals surface area contributed by atoms with E-state index in [0.717, 1.165) is 28.3 Å². The van der Waals surface area contributed by atoms with Gasteiger partial charge in [-0.2, -0.15) is 0 Å². The van der Waals surface area contributed by atoms with Crippen molar-refractivity contribution < 1.29 is 0 Å². The molecule has 0 radical (unpaired) electrons. The van der Waals surface area contributed by atoms with Crippen LogP contribution in [0.3, 0.4) is 0 Å². The maximum atomic E-state index is 2.53. The van der Waals surface area contributed by atoms with Gasteiger partial charge < -0.3 is 9.47 Å². The minimum atomic E-state index is -0.471. The Labute approximate surface area is 367 Å². The predicted molar refractivity (Wildman–Crippen MR) is 263 cm³/mol. The molecule has 0 saturated carbocycles. The van der Waals surface area contributed by atoms with Crippen LogP contribution in [0.15, 0.2) is 243 Å². The smallest absolute Gasteiger partial charge is 0.0782 e. The lowest BCUT2D eigenvalue weighted by Gasteiger charge is -2.33. The first-order chi connectivity index (χ1) is 31.3. The SMILES string of the molecule is c1ccc(-c2ccc(-n3c4ccccc4c4cccc(N(c5ccc6c(c5)C5(c7ccccc7-c7ccccc75)c5ccccc5-6)c5ccccc5-c5ccccc5)c43)cc2)cc1. The fourth-order valence-corrected chi connectivity index (χ4v) is 11.0. The summed E-state index contributed by atoms with van der Waals surface area (Å²) in [6.07, 6.45) is 0. The van der Waals surface area contributed by atoms with Gasteiger partial charge >= 0.3 is 0 Å². The summed E-state index contributed by atoms with van der Waals surface area (Å²) < 4.78 is 2.47. The molecule has 0 atom stereocenters. The van der Waals surface area contributed by atoms with Gasteiger partial charge in [-0.15, -0.1) is 0 Å². The van der Waals surface area contributed by atoms with E-state index < -0.39 is 5.41 Å². The zero-order chi connectivity index (χ0) is 41.5. The highest BCUT2D eigenvalue weighted by molar-refractivity contribution is 6.15. The third-order valence-corrected chi connectivity index (χ3v) is 13.6. The molecule has 0 N–H and O–H groups in total. The molecule has 2 nitrogen and oxygen atoms in total. The summed E-state index contributed by atoms with van der Waals surface area (Å²) in [6.45, 7) is 0. The number of rotatable bonds is 6. The van der Waals surface area contributed by atoms with Crippen molar-refractivity contribution in [1.29, 1.82) is 0 Å². The summed E-state index contributed by atoms with van der Waals surface area (Å²) >= 11 is 0. The van der Waals surface area contributed by atoms with Crippen molar-refractivity contribution in [3.8, 4) is 50.2 Å². The van der Waals surface area contributed by atoms with Crippen LogP contribution in [0.25, 0.3) is 72.0 Å². The average Bonchev–Trinajstić information content (AvgIpc) is 3.97. The Morgan fingerprint density at radius 1 is 0.317 bits per heavy atom. The standard InChI is InChI=1S/C61H40N2/c1-3-18-41(19-4-1)42-34-36-44(37-35-42)63-58-32-16-11-26-51(58)52-27-17-33-59(60(52)63)62(57-31-15-10-22-46(57)43-20-5-2-6-21-43)45-38-39-50-49-25-9-14-30-55(49)61(56(50)40-45)53-28-12-7-23-47(53)48-24-8-13-29-54(48)61/h1-40H. The Balaban J connectivity index is 1.12. The Morgan fingerprint density at radius 3 is 1.48 bits per heavy atom. The van der Waals surface area contributed by atoms with Gasteiger partial charge in [-0.25, -0.2) is 0 Å². The lowest BCUT2D eigenvalue weighted by atomic mass is 9.70. The van der Waals surface area contributed by atoms with E-state index >= 15 is 0 Å². The first-order valence-electron chi connectivity index (χ1n) is 21.9. The maximum absolute atomic E-state index is 2.53. The zero-order valence-corrected chi connectivity index (χ0v) is 34.5. The van der Waals surface area contributed by atoms with E-state index in [9.17, 15) is 0 Å². The highest BCUT2D eigenvalue weighted by atomic mass is 15.2. The van der Waals surface area contributed by atoms with Gasteiger partial charge in [-0.3, -0.25) is 0 Å². The monoisotopic (exact) mass is 800 g/mol. The summed E-state index contributed by atoms with van der Waals surface area (Å²) in [4.78, 5) is 2.53. The van der Waals surface area contributed by atoms with Crippen molar-refractivity contribution in [3.05, 3.63) is 265 Å². The molecule has 294 valence electrons. The van der Waals surface area contributed by atoms with Crippen LogP contribution >= 0.6 is 0 Å². The van der Waals surface area contributed by atoms with Crippen molar-refractivity contribution in [3.63, 3.8) is 0 Å². The van der Waals surface area contributed by atoms with Crippen LogP contribution in [0.4, 0.5) is 17.1 Å². The van der Waals surface area contributed by atoms with Crippen molar-refractivity contribution >= 4 is 38.9 Å². The highest BCUT2D eigenvalue weighted by Gasteiger charge is 2.51. The average molecular weight is 801 g/mol. The fraction of sp³-hybridized carbons (Fsp3) is 0.0164. The number of nitrogens with zero attached hydrogens (tertiary/aromatic N) is 2. The molecule has 1 heterocycles. The van der Waals surface area contributed by atoms with Gasteiger partial charge in [-0.1, -0.05) is 200 Å². The second-order valence-corrected chi connectivity index (χ2v) is 16.8. The molecule has 11 aromatic rings. The Bertz CT molecular complexity index is 3500. The van der Waals surface area contributed by atoms with E-state index in [1.54, 1.807) is 0 Å². The number of anilines is 3. The van der Waals surface area contributed by atoms with Gasteiger partial charge in [0.1, 0.15) is 0 Å². The number of aromatic nitrogens is 1. The Kier molecular flexibility index (Phi) is 7.85. The number of hydrogen-bond acceptors (Lipinski definition) is 1. The minimum absolute atomic E-state index is 0.471. The van der Waals surface area contributed by atoms with E-state index in [0.29, 0.717) is 0 Å². The summed E-state index contributed by atoms with van der Waals surface area (Å²) in [5.41, 5.74) is 21.6. The number of benzene rings is 10. The van der Waals surface area contributed by atoms with Crippen LogP contribution in [0.2, 0.25) is 0 Å². The van der Waals surface area contributed by atoms with Gasteiger partial charge in [0, 0.05) is 27.7 Å². The molecule has 10 aromatic carbocycles. The second-order valence-electron chi connectivity index (χ2n) is 16.8. The molecule has 1 spiro atoms. The van der Waals surface area contributed by atoms with E-state index in [1.807, 2.05) is 0 Å². The molecule has 0 amide bonds.